The lowest BCUT2D eigenvalue weighted by molar-refractivity contribution is -0.116. The highest BCUT2D eigenvalue weighted by Gasteiger charge is 2.18. The predicted molar refractivity (Wildman–Crippen MR) is 156 cm³/mol. The highest BCUT2D eigenvalue weighted by molar-refractivity contribution is 5.91. The third-order valence-electron chi connectivity index (χ3n) is 7.29. The summed E-state index contributed by atoms with van der Waals surface area (Å²) in [5, 5.41) is 8.88. The first-order valence-electron chi connectivity index (χ1n) is 13.1. The molecule has 1 amide bonds. The normalized spacial score (nSPS) is 11.4. The number of anilines is 1. The number of amides is 1. The summed E-state index contributed by atoms with van der Waals surface area (Å²) in [6.07, 6.45) is 0.976. The average molecular weight is 515 g/mol. The minimum Gasteiger partial charge on any atom is -0.338 e. The van der Waals surface area contributed by atoms with E-state index in [0.717, 1.165) is 67.3 Å². The zero-order valence-electron chi connectivity index (χ0n) is 22.5. The molecule has 0 aliphatic rings. The van der Waals surface area contributed by atoms with Gasteiger partial charge in [-0.1, -0.05) is 29.8 Å². The van der Waals surface area contributed by atoms with E-state index in [-0.39, 0.29) is 5.91 Å². The Kier molecular flexibility index (Phi) is 6.19. The molecule has 0 atom stereocenters. The molecule has 3 aromatic heterocycles. The maximum Gasteiger partial charge on any atom is 0.224 e. The van der Waals surface area contributed by atoms with Crippen molar-refractivity contribution >= 4 is 33.7 Å². The molecule has 7 nitrogen and oxygen atoms in total. The van der Waals surface area contributed by atoms with Gasteiger partial charge in [-0.3, -0.25) is 4.79 Å². The van der Waals surface area contributed by atoms with Crippen LogP contribution >= 0.6 is 0 Å². The number of benzene rings is 3. The van der Waals surface area contributed by atoms with Gasteiger partial charge in [0.25, 0.3) is 0 Å². The van der Waals surface area contributed by atoms with Crippen molar-refractivity contribution in [3.05, 3.63) is 101 Å². The van der Waals surface area contributed by atoms with Gasteiger partial charge in [-0.2, -0.15) is 5.10 Å². The standard InChI is InChI=1S/C32H30N6O/c1-19-9-15-25(16-10-19)38-32-30(22(4)37-38)20(2)26(21(3)33-32)17-18-29(39)34-24-13-11-23(12-14-24)31-35-27-7-5-6-8-28(27)36-31/h5-16H,17-18H2,1-4H3,(H,34,39)(H,35,36). The summed E-state index contributed by atoms with van der Waals surface area (Å²) in [5.41, 5.74) is 10.8. The smallest absolute Gasteiger partial charge is 0.224 e. The molecular formula is C32H30N6O. The number of para-hydroxylation sites is 2. The second-order valence-corrected chi connectivity index (χ2v) is 10.1. The van der Waals surface area contributed by atoms with Crippen molar-refractivity contribution in [3.63, 3.8) is 0 Å². The molecule has 6 rings (SSSR count). The molecular weight excluding hydrogens is 484 g/mol. The first-order chi connectivity index (χ1) is 18.9. The van der Waals surface area contributed by atoms with Crippen LogP contribution < -0.4 is 5.32 Å². The maximum atomic E-state index is 12.9. The Hall–Kier alpha value is -4.78. The quantitative estimate of drug-likeness (QED) is 0.257. The van der Waals surface area contributed by atoms with Crippen LogP contribution in [0.5, 0.6) is 0 Å². The van der Waals surface area contributed by atoms with Gasteiger partial charge in [0.1, 0.15) is 5.82 Å². The molecule has 39 heavy (non-hydrogen) atoms. The number of fused-ring (bicyclic) bond motifs is 2. The number of H-pyrrole nitrogens is 1. The van der Waals surface area contributed by atoms with E-state index in [0.29, 0.717) is 12.8 Å². The number of aromatic nitrogens is 5. The minimum absolute atomic E-state index is 0.0301. The average Bonchev–Trinajstić information content (AvgIpc) is 3.50. The first kappa shape index (κ1) is 24.6. The highest BCUT2D eigenvalue weighted by Crippen LogP contribution is 2.29. The number of pyridine rings is 1. The first-order valence-corrected chi connectivity index (χ1v) is 13.1. The number of hydrogen-bond acceptors (Lipinski definition) is 4. The Morgan fingerprint density at radius 1 is 0.872 bits per heavy atom. The second-order valence-electron chi connectivity index (χ2n) is 10.1. The van der Waals surface area contributed by atoms with Crippen LogP contribution in [-0.2, 0) is 11.2 Å². The van der Waals surface area contributed by atoms with Crippen molar-refractivity contribution in [2.75, 3.05) is 5.32 Å². The number of carbonyl (C=O) groups is 1. The number of aromatic amines is 1. The van der Waals surface area contributed by atoms with Gasteiger partial charge >= 0.3 is 0 Å². The molecule has 3 aromatic carbocycles. The van der Waals surface area contributed by atoms with Gasteiger partial charge in [0.2, 0.25) is 5.91 Å². The summed E-state index contributed by atoms with van der Waals surface area (Å²) >= 11 is 0. The zero-order chi connectivity index (χ0) is 27.1. The Bertz CT molecular complexity index is 1790. The van der Waals surface area contributed by atoms with Crippen LogP contribution in [0.1, 0.15) is 34.5 Å². The van der Waals surface area contributed by atoms with Gasteiger partial charge in [-0.25, -0.2) is 14.6 Å². The molecule has 0 saturated heterocycles. The number of nitrogens with zero attached hydrogens (tertiary/aromatic N) is 4. The van der Waals surface area contributed by atoms with Gasteiger partial charge in [-0.05, 0) is 93.8 Å². The summed E-state index contributed by atoms with van der Waals surface area (Å²) in [5.74, 6) is 0.779. The fourth-order valence-electron chi connectivity index (χ4n) is 5.20. The number of nitrogens with one attached hydrogen (secondary N) is 2. The molecule has 194 valence electrons. The summed E-state index contributed by atoms with van der Waals surface area (Å²) in [6.45, 7) is 8.21. The van der Waals surface area contributed by atoms with Crippen molar-refractivity contribution in [2.45, 2.75) is 40.5 Å². The Balaban J connectivity index is 1.17. The van der Waals surface area contributed by atoms with Gasteiger partial charge in [0, 0.05) is 28.8 Å². The number of imidazole rings is 1. The fraction of sp³-hybridized carbons (Fsp3) is 0.188. The van der Waals surface area contributed by atoms with E-state index < -0.39 is 0 Å². The monoisotopic (exact) mass is 514 g/mol. The van der Waals surface area contributed by atoms with Crippen LogP contribution in [0, 0.1) is 27.7 Å². The van der Waals surface area contributed by atoms with E-state index in [1.807, 2.05) is 67.1 Å². The number of carbonyl (C=O) groups excluding carboxylic acids is 1. The lowest BCUT2D eigenvalue weighted by atomic mass is 9.99. The molecule has 0 fully saturated rings. The third-order valence-corrected chi connectivity index (χ3v) is 7.29. The summed E-state index contributed by atoms with van der Waals surface area (Å²) in [7, 11) is 0. The van der Waals surface area contributed by atoms with E-state index in [2.05, 4.69) is 53.4 Å². The van der Waals surface area contributed by atoms with E-state index in [1.165, 1.54) is 5.56 Å². The van der Waals surface area contributed by atoms with Crippen molar-refractivity contribution in [3.8, 4) is 17.1 Å². The molecule has 2 N–H and O–H groups in total. The molecule has 0 spiro atoms. The van der Waals surface area contributed by atoms with Crippen LogP contribution in [0.25, 0.3) is 39.1 Å². The largest absolute Gasteiger partial charge is 0.338 e. The molecule has 7 heteroatoms. The number of aryl methyl sites for hydroxylation is 4. The summed E-state index contributed by atoms with van der Waals surface area (Å²) in [6, 6.07) is 24.0. The molecule has 3 heterocycles. The molecule has 0 saturated carbocycles. The van der Waals surface area contributed by atoms with Crippen molar-refractivity contribution < 1.29 is 4.79 Å². The van der Waals surface area contributed by atoms with Crippen molar-refractivity contribution in [1.82, 2.24) is 24.7 Å². The molecule has 0 aliphatic heterocycles. The van der Waals surface area contributed by atoms with Gasteiger partial charge in [0.05, 0.1) is 22.4 Å². The zero-order valence-corrected chi connectivity index (χ0v) is 22.5. The molecule has 0 radical (unpaired) electrons. The SMILES string of the molecule is Cc1ccc(-n2nc(C)c3c(C)c(CCC(=O)Nc4ccc(-c5nc6ccccc6[nH]5)cc4)c(C)nc32)cc1. The van der Waals surface area contributed by atoms with Gasteiger partial charge < -0.3 is 10.3 Å². The van der Waals surface area contributed by atoms with Crippen LogP contribution in [0.15, 0.2) is 72.8 Å². The Labute approximate surface area is 226 Å². The lowest BCUT2D eigenvalue weighted by Gasteiger charge is -2.12. The highest BCUT2D eigenvalue weighted by atomic mass is 16.1. The van der Waals surface area contributed by atoms with Crippen LogP contribution in [-0.4, -0.2) is 30.6 Å². The lowest BCUT2D eigenvalue weighted by Crippen LogP contribution is -2.13. The van der Waals surface area contributed by atoms with E-state index in [4.69, 9.17) is 10.1 Å². The number of hydrogen-bond donors (Lipinski definition) is 2. The Morgan fingerprint density at radius 2 is 1.62 bits per heavy atom. The molecule has 0 aliphatic carbocycles. The van der Waals surface area contributed by atoms with E-state index >= 15 is 0 Å². The van der Waals surface area contributed by atoms with Gasteiger partial charge in [-0.15, -0.1) is 0 Å². The molecule has 0 bridgehead atoms. The van der Waals surface area contributed by atoms with Gasteiger partial charge in [0.15, 0.2) is 5.65 Å². The van der Waals surface area contributed by atoms with Crippen LogP contribution in [0.2, 0.25) is 0 Å². The summed E-state index contributed by atoms with van der Waals surface area (Å²) in [4.78, 5) is 25.8. The van der Waals surface area contributed by atoms with Crippen LogP contribution in [0.4, 0.5) is 5.69 Å². The molecule has 6 aromatic rings. The topological polar surface area (TPSA) is 88.5 Å². The fourth-order valence-corrected chi connectivity index (χ4v) is 5.20. The van der Waals surface area contributed by atoms with Crippen molar-refractivity contribution in [2.24, 2.45) is 0 Å². The minimum atomic E-state index is -0.0301. The third kappa shape index (κ3) is 4.68. The van der Waals surface area contributed by atoms with E-state index in [9.17, 15) is 4.79 Å². The molecule has 0 unspecified atom stereocenters. The Morgan fingerprint density at radius 3 is 2.36 bits per heavy atom. The van der Waals surface area contributed by atoms with Crippen molar-refractivity contribution in [1.29, 1.82) is 0 Å². The van der Waals surface area contributed by atoms with Crippen LogP contribution in [0.3, 0.4) is 0 Å². The predicted octanol–water partition coefficient (Wildman–Crippen LogP) is 6.77. The number of rotatable bonds is 6. The maximum absolute atomic E-state index is 12.9. The second kappa shape index (κ2) is 9.83. The summed E-state index contributed by atoms with van der Waals surface area (Å²) < 4.78 is 1.91. The van der Waals surface area contributed by atoms with E-state index in [1.54, 1.807) is 0 Å².